The van der Waals surface area contributed by atoms with Crippen LogP contribution in [0.1, 0.15) is 29.3 Å². The molecule has 0 aliphatic heterocycles. The minimum Gasteiger partial charge on any atom is -0.478 e. The monoisotopic (exact) mass is 284 g/mol. The number of hydrogen-bond acceptors (Lipinski definition) is 3. The standard InChI is InChI=1S/C13H14ClFN2O2/c1-2-3-17-12(11(14)7-16)8-4-9(13(18)19)6-10(15)5-8/h4-7H,2-3,16H2,1H3,(H,18,19)/b11-7+,17-12?. The largest absolute Gasteiger partial charge is 0.478 e. The van der Waals surface area contributed by atoms with Crippen molar-refractivity contribution in [2.24, 2.45) is 10.7 Å². The van der Waals surface area contributed by atoms with Crippen LogP contribution in [0.3, 0.4) is 0 Å². The zero-order valence-corrected chi connectivity index (χ0v) is 11.1. The predicted molar refractivity (Wildman–Crippen MR) is 73.2 cm³/mol. The first-order valence-corrected chi connectivity index (χ1v) is 6.03. The highest BCUT2D eigenvalue weighted by Crippen LogP contribution is 2.17. The fourth-order valence-corrected chi connectivity index (χ4v) is 1.63. The lowest BCUT2D eigenvalue weighted by molar-refractivity contribution is 0.0696. The van der Waals surface area contributed by atoms with Gasteiger partial charge in [-0.05, 0) is 24.6 Å². The molecule has 0 aliphatic rings. The Bertz CT molecular complexity index is 541. The van der Waals surface area contributed by atoms with Gasteiger partial charge in [0.05, 0.1) is 16.3 Å². The van der Waals surface area contributed by atoms with Crippen molar-refractivity contribution in [3.8, 4) is 0 Å². The lowest BCUT2D eigenvalue weighted by Gasteiger charge is -2.07. The molecular weight excluding hydrogens is 271 g/mol. The molecule has 1 aromatic carbocycles. The van der Waals surface area contributed by atoms with Crippen molar-refractivity contribution in [2.45, 2.75) is 13.3 Å². The quantitative estimate of drug-likeness (QED) is 0.816. The number of aromatic carboxylic acids is 1. The van der Waals surface area contributed by atoms with Gasteiger partial charge in [-0.2, -0.15) is 0 Å². The molecule has 0 radical (unpaired) electrons. The highest BCUT2D eigenvalue weighted by Gasteiger charge is 2.13. The summed E-state index contributed by atoms with van der Waals surface area (Å²) in [5, 5.41) is 9.06. The van der Waals surface area contributed by atoms with Gasteiger partial charge in [0.25, 0.3) is 0 Å². The van der Waals surface area contributed by atoms with E-state index in [0.717, 1.165) is 18.7 Å². The third-order valence-corrected chi connectivity index (χ3v) is 2.59. The van der Waals surface area contributed by atoms with Gasteiger partial charge in [-0.3, -0.25) is 4.99 Å². The molecule has 4 nitrogen and oxygen atoms in total. The van der Waals surface area contributed by atoms with Crippen LogP contribution in [0.4, 0.5) is 4.39 Å². The van der Waals surface area contributed by atoms with E-state index in [4.69, 9.17) is 22.4 Å². The average Bonchev–Trinajstić information content (AvgIpc) is 2.38. The molecular formula is C13H14ClFN2O2. The van der Waals surface area contributed by atoms with E-state index in [1.165, 1.54) is 12.1 Å². The van der Waals surface area contributed by atoms with Gasteiger partial charge in [0.2, 0.25) is 0 Å². The van der Waals surface area contributed by atoms with Gasteiger partial charge >= 0.3 is 5.97 Å². The highest BCUT2D eigenvalue weighted by atomic mass is 35.5. The molecule has 0 aliphatic carbocycles. The number of hydrogen-bond donors (Lipinski definition) is 2. The average molecular weight is 285 g/mol. The molecule has 0 unspecified atom stereocenters. The third kappa shape index (κ3) is 4.06. The molecule has 1 aromatic rings. The van der Waals surface area contributed by atoms with Crippen LogP contribution < -0.4 is 5.73 Å². The van der Waals surface area contributed by atoms with Gasteiger partial charge < -0.3 is 10.8 Å². The molecule has 0 saturated heterocycles. The van der Waals surface area contributed by atoms with Crippen molar-refractivity contribution in [1.29, 1.82) is 0 Å². The maximum Gasteiger partial charge on any atom is 0.335 e. The maximum atomic E-state index is 13.4. The number of nitrogens with two attached hydrogens (primary N) is 1. The van der Waals surface area contributed by atoms with Crippen LogP contribution in [-0.2, 0) is 0 Å². The lowest BCUT2D eigenvalue weighted by Crippen LogP contribution is -2.08. The van der Waals surface area contributed by atoms with Crippen LogP contribution in [0.2, 0.25) is 0 Å². The van der Waals surface area contributed by atoms with Gasteiger partial charge in [-0.25, -0.2) is 9.18 Å². The number of carboxylic acid groups (broad SMARTS) is 1. The van der Waals surface area contributed by atoms with E-state index < -0.39 is 11.8 Å². The highest BCUT2D eigenvalue weighted by molar-refractivity contribution is 6.46. The number of aliphatic imine (C=N–C) groups is 1. The van der Waals surface area contributed by atoms with Crippen LogP contribution in [0.15, 0.2) is 34.4 Å². The molecule has 0 bridgehead atoms. The summed E-state index contributed by atoms with van der Waals surface area (Å²) in [4.78, 5) is 15.1. The van der Waals surface area contributed by atoms with E-state index in [0.29, 0.717) is 6.54 Å². The van der Waals surface area contributed by atoms with E-state index in [1.807, 2.05) is 6.92 Å². The Kier molecular flexibility index (Phi) is 5.51. The third-order valence-electron chi connectivity index (χ3n) is 2.28. The summed E-state index contributed by atoms with van der Waals surface area (Å²) in [6, 6.07) is 3.42. The first-order chi connectivity index (χ1) is 8.99. The van der Waals surface area contributed by atoms with Crippen LogP contribution in [0.25, 0.3) is 0 Å². The summed E-state index contributed by atoms with van der Waals surface area (Å²) in [6.45, 7) is 2.41. The molecule has 3 N–H and O–H groups in total. The first kappa shape index (κ1) is 15.2. The lowest BCUT2D eigenvalue weighted by atomic mass is 10.1. The van der Waals surface area contributed by atoms with E-state index in [1.54, 1.807) is 0 Å². The maximum absolute atomic E-state index is 13.4. The summed E-state index contributed by atoms with van der Waals surface area (Å²) in [7, 11) is 0. The summed E-state index contributed by atoms with van der Waals surface area (Å²) >= 11 is 5.92. The van der Waals surface area contributed by atoms with E-state index in [9.17, 15) is 9.18 Å². The van der Waals surface area contributed by atoms with Gasteiger partial charge in [-0.1, -0.05) is 18.5 Å². The smallest absolute Gasteiger partial charge is 0.335 e. The number of allylic oxidation sites excluding steroid dienone is 1. The number of carboxylic acids is 1. The van der Waals surface area contributed by atoms with E-state index in [2.05, 4.69) is 4.99 Å². The molecule has 1 rings (SSSR count). The van der Waals surface area contributed by atoms with E-state index >= 15 is 0 Å². The summed E-state index contributed by atoms with van der Waals surface area (Å²) in [5.74, 6) is -1.89. The molecule has 6 heteroatoms. The second-order valence-corrected chi connectivity index (χ2v) is 4.19. The van der Waals surface area contributed by atoms with Crippen molar-refractivity contribution >= 4 is 23.3 Å². The molecule has 102 valence electrons. The number of carbonyl (C=O) groups is 1. The molecule has 0 heterocycles. The SMILES string of the molecule is CCCN=C(/C(Cl)=C\N)c1cc(F)cc(C(=O)O)c1. The van der Waals surface area contributed by atoms with Crippen molar-refractivity contribution in [1.82, 2.24) is 0 Å². The van der Waals surface area contributed by atoms with Gasteiger partial charge in [-0.15, -0.1) is 0 Å². The Balaban J connectivity index is 3.34. The fourth-order valence-electron chi connectivity index (χ4n) is 1.46. The van der Waals surface area contributed by atoms with Crippen molar-refractivity contribution in [3.63, 3.8) is 0 Å². The zero-order chi connectivity index (χ0) is 14.4. The Morgan fingerprint density at radius 1 is 1.47 bits per heavy atom. The van der Waals surface area contributed by atoms with Crippen LogP contribution >= 0.6 is 11.6 Å². The molecule has 19 heavy (non-hydrogen) atoms. The van der Waals surface area contributed by atoms with Crippen LogP contribution in [0, 0.1) is 5.82 Å². The van der Waals surface area contributed by atoms with Gasteiger partial charge in [0.15, 0.2) is 0 Å². The van der Waals surface area contributed by atoms with Crippen LogP contribution in [0.5, 0.6) is 0 Å². The van der Waals surface area contributed by atoms with Crippen molar-refractivity contribution in [3.05, 3.63) is 46.4 Å². The second-order valence-electron chi connectivity index (χ2n) is 3.78. The van der Waals surface area contributed by atoms with Crippen molar-refractivity contribution < 1.29 is 14.3 Å². The van der Waals surface area contributed by atoms with Crippen molar-refractivity contribution in [2.75, 3.05) is 6.54 Å². The number of rotatable bonds is 5. The minimum absolute atomic E-state index is 0.149. The number of nitrogens with zero attached hydrogens (tertiary/aromatic N) is 1. The number of halogens is 2. The van der Waals surface area contributed by atoms with Crippen LogP contribution in [-0.4, -0.2) is 23.3 Å². The van der Waals surface area contributed by atoms with Gasteiger partial charge in [0.1, 0.15) is 5.82 Å². The van der Waals surface area contributed by atoms with Gasteiger partial charge in [0, 0.05) is 18.3 Å². The topological polar surface area (TPSA) is 75.7 Å². The number of benzene rings is 1. The van der Waals surface area contributed by atoms with E-state index in [-0.39, 0.29) is 21.9 Å². The Morgan fingerprint density at radius 2 is 2.11 bits per heavy atom. The second kappa shape index (κ2) is 6.89. The molecule has 0 aromatic heterocycles. The molecule has 0 atom stereocenters. The predicted octanol–water partition coefficient (Wildman–Crippen LogP) is 2.76. The zero-order valence-electron chi connectivity index (χ0n) is 10.4. The minimum atomic E-state index is -1.22. The summed E-state index contributed by atoms with van der Waals surface area (Å²) < 4.78 is 13.4. The Labute approximate surface area is 115 Å². The molecule has 0 amide bonds. The molecule has 0 saturated carbocycles. The molecule has 0 fully saturated rings. The molecule has 0 spiro atoms. The normalized spacial score (nSPS) is 12.6. The Hall–Kier alpha value is -1.88. The fraction of sp³-hybridized carbons (Fsp3) is 0.231. The summed E-state index contributed by atoms with van der Waals surface area (Å²) in [6.07, 6.45) is 1.92. The Morgan fingerprint density at radius 3 is 2.63 bits per heavy atom. The first-order valence-electron chi connectivity index (χ1n) is 5.66. The summed E-state index contributed by atoms with van der Waals surface area (Å²) in [5.41, 5.74) is 5.74.